The van der Waals surface area contributed by atoms with E-state index in [1.807, 2.05) is 6.92 Å². The molecule has 11 heavy (non-hydrogen) atoms. The number of alkyl halides is 1. The summed E-state index contributed by atoms with van der Waals surface area (Å²) in [5, 5.41) is 0. The molecule has 0 aliphatic rings. The van der Waals surface area contributed by atoms with Crippen molar-refractivity contribution in [2.75, 3.05) is 7.04 Å². The maximum atomic E-state index is 6.91. The first kappa shape index (κ1) is 4.99. The molecule has 1 heterocycles. The van der Waals surface area contributed by atoms with E-state index in [1.165, 1.54) is 0 Å². The van der Waals surface area contributed by atoms with Crippen LogP contribution in [0.25, 0.3) is 0 Å². The molecule has 1 aromatic heterocycles. The van der Waals surface area contributed by atoms with Crippen LogP contribution in [0.15, 0.2) is 12.1 Å². The van der Waals surface area contributed by atoms with E-state index in [-0.39, 0.29) is 11.8 Å². The van der Waals surface area contributed by atoms with Crippen molar-refractivity contribution in [3.8, 4) is 5.88 Å². The van der Waals surface area contributed by atoms with Crippen LogP contribution in [0.4, 0.5) is 0 Å². The molecule has 1 rings (SSSR count). The smallest absolute Gasteiger partial charge is 0.213 e. The highest BCUT2D eigenvalue weighted by Gasteiger charge is 1.97. The van der Waals surface area contributed by atoms with Crippen LogP contribution < -0.4 is 4.74 Å². The van der Waals surface area contributed by atoms with Gasteiger partial charge in [0.05, 0.1) is 22.7 Å². The average Bonchev–Trinajstić information content (AvgIpc) is 1.99. The number of aryl methyl sites for hydroxylation is 1. The normalized spacial score (nSPS) is 14.9. The summed E-state index contributed by atoms with van der Waals surface area (Å²) >= 11 is 5.58. The Kier molecular flexibility index (Phi) is 1.62. The van der Waals surface area contributed by atoms with Gasteiger partial charge in [0.25, 0.3) is 0 Å². The van der Waals surface area contributed by atoms with Gasteiger partial charge in [-0.2, -0.15) is 0 Å². The van der Waals surface area contributed by atoms with Crippen LogP contribution in [0.1, 0.15) is 15.4 Å². The molecule has 0 N–H and O–H groups in total. The number of rotatable bonds is 2. The first-order valence-electron chi connectivity index (χ1n) is 4.63. The topological polar surface area (TPSA) is 22.1 Å². The van der Waals surface area contributed by atoms with Crippen molar-refractivity contribution < 1.29 is 8.85 Å². The minimum atomic E-state index is -2.47. The van der Waals surface area contributed by atoms with Crippen molar-refractivity contribution in [3.05, 3.63) is 23.4 Å². The second-order valence-electron chi connectivity index (χ2n) is 2.21. The molecule has 0 aromatic carbocycles. The van der Waals surface area contributed by atoms with Gasteiger partial charge in [-0.15, -0.1) is 11.6 Å². The maximum absolute atomic E-state index is 6.91. The Hall–Kier alpha value is -0.760. The van der Waals surface area contributed by atoms with Crippen molar-refractivity contribution in [2.24, 2.45) is 0 Å². The maximum Gasteiger partial charge on any atom is 0.213 e. The number of nitrogens with zero attached hydrogens (tertiary/aromatic N) is 1. The highest BCUT2D eigenvalue weighted by atomic mass is 35.5. The molecule has 0 amide bonds. The van der Waals surface area contributed by atoms with Gasteiger partial charge >= 0.3 is 0 Å². The van der Waals surface area contributed by atoms with E-state index in [0.29, 0.717) is 5.69 Å². The van der Waals surface area contributed by atoms with Crippen molar-refractivity contribution in [2.45, 2.75) is 12.8 Å². The number of aromatic nitrogens is 1. The molecule has 60 valence electrons. The number of pyridine rings is 1. The first-order valence-corrected chi connectivity index (χ1v) is 3.67. The molecule has 0 spiro atoms. The number of hydrogen-bond acceptors (Lipinski definition) is 2. The van der Waals surface area contributed by atoms with E-state index in [4.69, 9.17) is 15.7 Å². The lowest BCUT2D eigenvalue weighted by Crippen LogP contribution is -1.92. The minimum absolute atomic E-state index is 0.0839. The van der Waals surface area contributed by atoms with Crippen LogP contribution in [0.5, 0.6) is 5.88 Å². The van der Waals surface area contributed by atoms with Crippen molar-refractivity contribution >= 4 is 11.6 Å². The highest BCUT2D eigenvalue weighted by molar-refractivity contribution is 6.16. The third-order valence-corrected chi connectivity index (χ3v) is 1.51. The molecule has 0 unspecified atom stereocenters. The van der Waals surface area contributed by atoms with Gasteiger partial charge in [0.2, 0.25) is 5.88 Å². The van der Waals surface area contributed by atoms with Gasteiger partial charge in [0.1, 0.15) is 0 Å². The van der Waals surface area contributed by atoms with Crippen LogP contribution in [-0.2, 0) is 5.88 Å². The highest BCUT2D eigenvalue weighted by Crippen LogP contribution is 2.12. The molecular weight excluding hydrogens is 162 g/mol. The lowest BCUT2D eigenvalue weighted by molar-refractivity contribution is 0.396. The van der Waals surface area contributed by atoms with E-state index in [1.54, 1.807) is 12.1 Å². The monoisotopic (exact) mass is 174 g/mol. The van der Waals surface area contributed by atoms with Gasteiger partial charge in [-0.25, -0.2) is 4.98 Å². The Labute approximate surface area is 75.4 Å². The Bertz CT molecular complexity index is 327. The number of methoxy groups -OCH3 is 1. The predicted molar refractivity (Wildman–Crippen MR) is 45.1 cm³/mol. The summed E-state index contributed by atoms with van der Waals surface area (Å²) in [6.45, 7) is 1.82. The SMILES string of the molecule is [2H]C([2H])([2H])Oc1cc(C)cc(CCl)n1. The predicted octanol–water partition coefficient (Wildman–Crippen LogP) is 2.14. The van der Waals surface area contributed by atoms with E-state index in [2.05, 4.69) is 9.72 Å². The molecule has 0 bridgehead atoms. The van der Waals surface area contributed by atoms with Gasteiger partial charge in [-0.05, 0) is 18.6 Å². The van der Waals surface area contributed by atoms with E-state index < -0.39 is 7.04 Å². The summed E-state index contributed by atoms with van der Waals surface area (Å²) in [6, 6.07) is 3.34. The molecule has 0 aliphatic carbocycles. The summed E-state index contributed by atoms with van der Waals surface area (Å²) in [7, 11) is -2.47. The second-order valence-corrected chi connectivity index (χ2v) is 2.48. The van der Waals surface area contributed by atoms with Crippen molar-refractivity contribution in [1.29, 1.82) is 0 Å². The first-order chi connectivity index (χ1) is 6.40. The van der Waals surface area contributed by atoms with Crippen LogP contribution in [0.3, 0.4) is 0 Å². The van der Waals surface area contributed by atoms with E-state index in [9.17, 15) is 0 Å². The zero-order chi connectivity index (χ0) is 10.8. The standard InChI is InChI=1S/C8H10ClNO/c1-6-3-7(5-9)10-8(4-6)11-2/h3-4H,5H2,1-2H3/i2D3. The number of halogens is 1. The molecule has 0 atom stereocenters. The van der Waals surface area contributed by atoms with Crippen LogP contribution in [0.2, 0.25) is 0 Å². The van der Waals surface area contributed by atoms with Gasteiger partial charge in [0, 0.05) is 6.07 Å². The number of ether oxygens (including phenoxy) is 1. The van der Waals surface area contributed by atoms with Gasteiger partial charge in [-0.3, -0.25) is 0 Å². The third-order valence-electron chi connectivity index (χ3n) is 1.24. The van der Waals surface area contributed by atoms with Crippen LogP contribution >= 0.6 is 11.6 Å². The minimum Gasteiger partial charge on any atom is -0.481 e. The van der Waals surface area contributed by atoms with Crippen LogP contribution in [-0.4, -0.2) is 12.0 Å². The molecule has 0 radical (unpaired) electrons. The average molecular weight is 175 g/mol. The fourth-order valence-corrected chi connectivity index (χ4v) is 0.963. The lowest BCUT2D eigenvalue weighted by atomic mass is 10.2. The zero-order valence-corrected chi connectivity index (χ0v) is 6.85. The summed E-state index contributed by atoms with van der Waals surface area (Å²) in [5.74, 6) is 0.319. The Balaban J connectivity index is 2.92. The van der Waals surface area contributed by atoms with E-state index in [0.717, 1.165) is 5.56 Å². The molecule has 0 saturated carbocycles. The van der Waals surface area contributed by atoms with Gasteiger partial charge in [-0.1, -0.05) is 0 Å². The summed E-state index contributed by atoms with van der Waals surface area (Å²) < 4.78 is 25.4. The van der Waals surface area contributed by atoms with E-state index >= 15 is 0 Å². The fourth-order valence-electron chi connectivity index (χ4n) is 0.826. The van der Waals surface area contributed by atoms with Crippen molar-refractivity contribution in [3.63, 3.8) is 0 Å². The van der Waals surface area contributed by atoms with Crippen molar-refractivity contribution in [1.82, 2.24) is 4.98 Å². The summed E-state index contributed by atoms with van der Waals surface area (Å²) in [6.07, 6.45) is 0. The zero-order valence-electron chi connectivity index (χ0n) is 9.10. The summed E-state index contributed by atoms with van der Waals surface area (Å²) in [4.78, 5) is 3.92. The fraction of sp³-hybridized carbons (Fsp3) is 0.375. The Morgan fingerprint density at radius 1 is 1.73 bits per heavy atom. The molecule has 0 fully saturated rings. The number of hydrogen-bond donors (Lipinski definition) is 0. The largest absolute Gasteiger partial charge is 0.481 e. The molecule has 1 aromatic rings. The quantitative estimate of drug-likeness (QED) is 0.641. The summed E-state index contributed by atoms with van der Waals surface area (Å²) in [5.41, 5.74) is 1.47. The van der Waals surface area contributed by atoms with Gasteiger partial charge < -0.3 is 4.74 Å². The van der Waals surface area contributed by atoms with Crippen LogP contribution in [0, 0.1) is 6.92 Å². The second kappa shape index (κ2) is 3.58. The molecule has 3 heteroatoms. The third kappa shape index (κ3) is 2.09. The Morgan fingerprint density at radius 2 is 2.55 bits per heavy atom. The molecule has 0 aliphatic heterocycles. The van der Waals surface area contributed by atoms with Gasteiger partial charge in [0.15, 0.2) is 0 Å². The Morgan fingerprint density at radius 3 is 3.18 bits per heavy atom. The molecule has 2 nitrogen and oxygen atoms in total. The molecule has 0 saturated heterocycles. The lowest BCUT2D eigenvalue weighted by Gasteiger charge is -2.01. The molecular formula is C8H10ClNO.